The number of carboxylic acid groups (broad SMARTS) is 1. The van der Waals surface area contributed by atoms with Crippen molar-refractivity contribution < 1.29 is 19.5 Å². The van der Waals surface area contributed by atoms with Crippen LogP contribution in [-0.2, 0) is 10.3 Å². The van der Waals surface area contributed by atoms with Gasteiger partial charge in [-0.3, -0.25) is 14.2 Å². The van der Waals surface area contributed by atoms with E-state index in [1.54, 1.807) is 35.4 Å². The first kappa shape index (κ1) is 23.8. The minimum Gasteiger partial charge on any atom is -0.476 e. The maximum absolute atomic E-state index is 13.6. The molecule has 4 rings (SSSR count). The molecule has 11 heteroatoms. The summed E-state index contributed by atoms with van der Waals surface area (Å²) in [5.74, 6) is -1.59. The van der Waals surface area contributed by atoms with Gasteiger partial charge in [-0.1, -0.05) is 32.1 Å². The Balaban J connectivity index is 1.76. The van der Waals surface area contributed by atoms with Gasteiger partial charge >= 0.3 is 5.97 Å². The van der Waals surface area contributed by atoms with E-state index in [1.807, 2.05) is 25.1 Å². The van der Waals surface area contributed by atoms with Crippen LogP contribution in [0, 0.1) is 6.92 Å². The molecule has 0 unspecified atom stereocenters. The molecular weight excluding hydrogens is 450 g/mol. The Morgan fingerprint density at radius 1 is 1.06 bits per heavy atom. The molecule has 2 aromatic heterocycles. The maximum Gasteiger partial charge on any atom is 0.358 e. The number of carboxylic acids is 1. The zero-order valence-electron chi connectivity index (χ0n) is 20.0. The molecule has 0 bridgehead atoms. The fourth-order valence-electron chi connectivity index (χ4n) is 3.52. The zero-order valence-corrected chi connectivity index (χ0v) is 20.0. The van der Waals surface area contributed by atoms with Crippen LogP contribution < -0.4 is 5.06 Å². The van der Waals surface area contributed by atoms with Crippen molar-refractivity contribution >= 4 is 17.6 Å². The van der Waals surface area contributed by atoms with E-state index in [2.05, 4.69) is 41.3 Å². The highest BCUT2D eigenvalue weighted by Crippen LogP contribution is 2.31. The Labute approximate surface area is 201 Å². The molecule has 0 aliphatic heterocycles. The monoisotopic (exact) mass is 475 g/mol. The van der Waals surface area contributed by atoms with Crippen molar-refractivity contribution in [3.8, 4) is 11.4 Å². The Morgan fingerprint density at radius 3 is 2.37 bits per heavy atom. The molecule has 0 radical (unpaired) electrons. The first-order chi connectivity index (χ1) is 16.6. The number of carbonyl (C=O) groups is 2. The standard InChI is InChI=1S/C24H25N7O4/c1-15-6-7-16(8-21(15)30-12-20(23(33)34)27-28-30)22(32)31(35-5)19-10-17(24(2,3)4)9-18(11-19)29-13-25-26-14-29/h6-14H,1-5H3,(H,33,34). The Kier molecular flexibility index (Phi) is 6.18. The molecule has 0 aliphatic rings. The Hall–Kier alpha value is -4.38. The van der Waals surface area contributed by atoms with Gasteiger partial charge in [-0.25, -0.2) is 9.48 Å². The van der Waals surface area contributed by atoms with Crippen molar-refractivity contribution in [3.05, 3.63) is 77.6 Å². The average molecular weight is 476 g/mol. The molecule has 0 aliphatic carbocycles. The van der Waals surface area contributed by atoms with Crippen LogP contribution in [0.2, 0.25) is 0 Å². The lowest BCUT2D eigenvalue weighted by molar-refractivity contribution is 0.0689. The fraction of sp³-hybridized carbons (Fsp3) is 0.250. The van der Waals surface area contributed by atoms with E-state index in [0.29, 0.717) is 16.9 Å². The average Bonchev–Trinajstić information content (AvgIpc) is 3.52. The summed E-state index contributed by atoms with van der Waals surface area (Å²) in [6, 6.07) is 10.8. The number of hydroxylamine groups is 1. The van der Waals surface area contributed by atoms with Gasteiger partial charge in [0.1, 0.15) is 12.7 Å². The van der Waals surface area contributed by atoms with Crippen LogP contribution in [0.3, 0.4) is 0 Å². The zero-order chi connectivity index (χ0) is 25.3. The number of hydrogen-bond acceptors (Lipinski definition) is 7. The first-order valence-corrected chi connectivity index (χ1v) is 10.7. The summed E-state index contributed by atoms with van der Waals surface area (Å²) in [5, 5.41) is 25.7. The predicted molar refractivity (Wildman–Crippen MR) is 127 cm³/mol. The maximum atomic E-state index is 13.6. The van der Waals surface area contributed by atoms with Crippen molar-refractivity contribution in [2.24, 2.45) is 0 Å². The minimum absolute atomic E-state index is 0.194. The van der Waals surface area contributed by atoms with Crippen LogP contribution in [0.1, 0.15) is 52.7 Å². The molecule has 2 aromatic carbocycles. The molecule has 2 heterocycles. The largest absolute Gasteiger partial charge is 0.476 e. The highest BCUT2D eigenvalue weighted by atomic mass is 16.7. The summed E-state index contributed by atoms with van der Waals surface area (Å²) in [4.78, 5) is 30.3. The third kappa shape index (κ3) is 4.80. The van der Waals surface area contributed by atoms with E-state index >= 15 is 0 Å². The third-order valence-corrected chi connectivity index (χ3v) is 5.50. The highest BCUT2D eigenvalue weighted by molar-refractivity contribution is 6.05. The van der Waals surface area contributed by atoms with E-state index in [1.165, 1.54) is 23.1 Å². The number of hydrogen-bond donors (Lipinski definition) is 1. The number of aromatic carboxylic acids is 1. The number of aryl methyl sites for hydroxylation is 1. The van der Waals surface area contributed by atoms with Crippen LogP contribution in [0.4, 0.5) is 5.69 Å². The third-order valence-electron chi connectivity index (χ3n) is 5.50. The van der Waals surface area contributed by atoms with Crippen molar-refractivity contribution in [3.63, 3.8) is 0 Å². The van der Waals surface area contributed by atoms with Crippen molar-refractivity contribution in [2.45, 2.75) is 33.1 Å². The second kappa shape index (κ2) is 9.11. The van der Waals surface area contributed by atoms with E-state index < -0.39 is 11.9 Å². The molecule has 0 fully saturated rings. The Bertz CT molecular complexity index is 1390. The SMILES string of the molecule is CON(C(=O)c1ccc(C)c(-n2cc(C(=O)O)nn2)c1)c1cc(-n2cnnc2)cc(C(C)(C)C)c1. The van der Waals surface area contributed by atoms with Gasteiger partial charge in [-0.05, 0) is 53.8 Å². The summed E-state index contributed by atoms with van der Waals surface area (Å²) in [5.41, 5.74) is 3.55. The molecule has 0 saturated heterocycles. The van der Waals surface area contributed by atoms with Crippen LogP contribution in [0.15, 0.2) is 55.2 Å². The lowest BCUT2D eigenvalue weighted by Gasteiger charge is -2.25. The highest BCUT2D eigenvalue weighted by Gasteiger charge is 2.23. The molecule has 1 amide bonds. The van der Waals surface area contributed by atoms with Crippen LogP contribution in [0.5, 0.6) is 0 Å². The number of benzene rings is 2. The van der Waals surface area contributed by atoms with E-state index in [0.717, 1.165) is 16.8 Å². The van der Waals surface area contributed by atoms with Gasteiger partial charge in [0.05, 0.1) is 30.4 Å². The summed E-state index contributed by atoms with van der Waals surface area (Å²) in [6.45, 7) is 8.07. The minimum atomic E-state index is -1.19. The molecule has 1 N–H and O–H groups in total. The molecule has 0 spiro atoms. The van der Waals surface area contributed by atoms with E-state index in [4.69, 9.17) is 9.94 Å². The Morgan fingerprint density at radius 2 is 1.77 bits per heavy atom. The summed E-state index contributed by atoms with van der Waals surface area (Å²) in [7, 11) is 1.42. The molecule has 0 saturated carbocycles. The van der Waals surface area contributed by atoms with Gasteiger partial charge in [-0.15, -0.1) is 15.3 Å². The van der Waals surface area contributed by atoms with Crippen LogP contribution in [0.25, 0.3) is 11.4 Å². The van der Waals surface area contributed by atoms with Gasteiger partial charge in [0.15, 0.2) is 5.69 Å². The number of amides is 1. The molecule has 4 aromatic rings. The smallest absolute Gasteiger partial charge is 0.358 e. The summed E-state index contributed by atoms with van der Waals surface area (Å²) >= 11 is 0. The molecule has 35 heavy (non-hydrogen) atoms. The van der Waals surface area contributed by atoms with Gasteiger partial charge in [0.2, 0.25) is 0 Å². The summed E-state index contributed by atoms with van der Waals surface area (Å²) in [6.07, 6.45) is 4.46. The van der Waals surface area contributed by atoms with Crippen LogP contribution >= 0.6 is 0 Å². The lowest BCUT2D eigenvalue weighted by atomic mass is 9.86. The first-order valence-electron chi connectivity index (χ1n) is 10.7. The van der Waals surface area contributed by atoms with Gasteiger partial charge in [0.25, 0.3) is 5.91 Å². The number of nitrogens with zero attached hydrogens (tertiary/aromatic N) is 7. The van der Waals surface area contributed by atoms with Gasteiger partial charge in [0, 0.05) is 5.56 Å². The molecule has 180 valence electrons. The van der Waals surface area contributed by atoms with Gasteiger partial charge < -0.3 is 5.11 Å². The second-order valence-electron chi connectivity index (χ2n) is 8.99. The number of anilines is 1. The predicted octanol–water partition coefficient (Wildman–Crippen LogP) is 3.36. The topological polar surface area (TPSA) is 128 Å². The fourth-order valence-corrected chi connectivity index (χ4v) is 3.52. The van der Waals surface area contributed by atoms with Gasteiger partial charge in [-0.2, -0.15) is 5.06 Å². The lowest BCUT2D eigenvalue weighted by Crippen LogP contribution is -2.30. The van der Waals surface area contributed by atoms with Crippen LogP contribution in [-0.4, -0.2) is 53.9 Å². The quantitative estimate of drug-likeness (QED) is 0.421. The second-order valence-corrected chi connectivity index (χ2v) is 8.99. The van der Waals surface area contributed by atoms with Crippen molar-refractivity contribution in [1.82, 2.24) is 29.8 Å². The number of aromatic nitrogens is 6. The van der Waals surface area contributed by atoms with Crippen molar-refractivity contribution in [1.29, 1.82) is 0 Å². The van der Waals surface area contributed by atoms with E-state index in [9.17, 15) is 9.59 Å². The molecular formula is C24H25N7O4. The van der Waals surface area contributed by atoms with E-state index in [-0.39, 0.29) is 11.1 Å². The summed E-state index contributed by atoms with van der Waals surface area (Å²) < 4.78 is 3.09. The normalized spacial score (nSPS) is 11.5. The van der Waals surface area contributed by atoms with Crippen molar-refractivity contribution in [2.75, 3.05) is 12.2 Å². The molecule has 0 atom stereocenters. The molecule has 11 nitrogen and oxygen atoms in total. The number of rotatable bonds is 6. The number of carbonyl (C=O) groups excluding carboxylic acids is 1.